The minimum Gasteiger partial charge on any atom is -0.319 e. The molecule has 0 unspecified atom stereocenters. The van der Waals surface area contributed by atoms with Gasteiger partial charge in [-0.05, 0) is 19.1 Å². The van der Waals surface area contributed by atoms with Gasteiger partial charge in [0.2, 0.25) is 0 Å². The average molecular weight is 281 g/mol. The number of aromatic nitrogens is 2. The first kappa shape index (κ1) is 13.9. The number of rotatable bonds is 3. The lowest BCUT2D eigenvalue weighted by Crippen LogP contribution is -2.17. The van der Waals surface area contributed by atoms with Crippen LogP contribution in [-0.2, 0) is 7.05 Å². The normalized spacial score (nSPS) is 10.4. The smallest absolute Gasteiger partial charge is 0.257 e. The maximum Gasteiger partial charge on any atom is 0.257 e. The fourth-order valence-electron chi connectivity index (χ4n) is 1.76. The molecule has 0 spiro atoms. The van der Waals surface area contributed by atoms with E-state index in [1.165, 1.54) is 4.68 Å². The van der Waals surface area contributed by atoms with Gasteiger partial charge in [-0.25, -0.2) is 8.78 Å². The Morgan fingerprint density at radius 3 is 2.35 bits per heavy atom. The van der Waals surface area contributed by atoms with E-state index in [1.807, 2.05) is 5.43 Å². The van der Waals surface area contributed by atoms with Gasteiger partial charge in [0.05, 0.1) is 5.69 Å². The lowest BCUT2D eigenvalue weighted by molar-refractivity contribution is 0.102. The average Bonchev–Trinajstić information content (AvgIpc) is 2.67. The van der Waals surface area contributed by atoms with Crippen LogP contribution >= 0.6 is 0 Å². The van der Waals surface area contributed by atoms with E-state index in [0.717, 1.165) is 12.1 Å². The molecule has 0 saturated heterocycles. The Morgan fingerprint density at radius 1 is 1.30 bits per heavy atom. The standard InChI is InChI=1S/C12H13F2N5O/c1-6-3-10(19(2)18-6)16-12(20)7-4-8(13)11(17-15)9(14)5-7/h3-5,17H,15H2,1-2H3,(H,16,20). The van der Waals surface area contributed by atoms with Gasteiger partial charge in [0, 0.05) is 18.7 Å². The fraction of sp³-hybridized carbons (Fsp3) is 0.167. The van der Waals surface area contributed by atoms with E-state index in [-0.39, 0.29) is 5.56 Å². The number of nitrogens with one attached hydrogen (secondary N) is 2. The SMILES string of the molecule is Cc1cc(NC(=O)c2cc(F)c(NN)c(F)c2)n(C)n1. The van der Waals surface area contributed by atoms with Crippen molar-refractivity contribution in [1.82, 2.24) is 9.78 Å². The van der Waals surface area contributed by atoms with Crippen molar-refractivity contribution in [3.8, 4) is 0 Å². The van der Waals surface area contributed by atoms with E-state index < -0.39 is 23.2 Å². The van der Waals surface area contributed by atoms with Crippen LogP contribution in [0.4, 0.5) is 20.3 Å². The Kier molecular flexibility index (Phi) is 3.66. The minimum absolute atomic E-state index is 0.155. The zero-order valence-corrected chi connectivity index (χ0v) is 10.9. The Labute approximate surface area is 113 Å². The van der Waals surface area contributed by atoms with Crippen molar-refractivity contribution in [2.45, 2.75) is 6.92 Å². The molecule has 6 nitrogen and oxygen atoms in total. The summed E-state index contributed by atoms with van der Waals surface area (Å²) in [5.74, 6) is 2.87. The number of nitrogens with zero attached hydrogens (tertiary/aromatic N) is 2. The molecule has 1 heterocycles. The Balaban J connectivity index is 2.28. The zero-order chi connectivity index (χ0) is 14.9. The van der Waals surface area contributed by atoms with E-state index in [1.54, 1.807) is 20.0 Å². The second kappa shape index (κ2) is 5.25. The lowest BCUT2D eigenvalue weighted by Gasteiger charge is -2.08. The third-order valence-electron chi connectivity index (χ3n) is 2.69. The van der Waals surface area contributed by atoms with Gasteiger partial charge in [-0.15, -0.1) is 0 Å². The largest absolute Gasteiger partial charge is 0.319 e. The Hall–Kier alpha value is -2.48. The highest BCUT2D eigenvalue weighted by Gasteiger charge is 2.15. The van der Waals surface area contributed by atoms with Crippen LogP contribution in [0.3, 0.4) is 0 Å². The number of hydrogen-bond acceptors (Lipinski definition) is 4. The molecule has 0 saturated carbocycles. The van der Waals surface area contributed by atoms with E-state index in [0.29, 0.717) is 11.5 Å². The van der Waals surface area contributed by atoms with Gasteiger partial charge >= 0.3 is 0 Å². The molecule has 8 heteroatoms. The van der Waals surface area contributed by atoms with Gasteiger partial charge in [-0.3, -0.25) is 15.3 Å². The van der Waals surface area contributed by atoms with Gasteiger partial charge in [-0.1, -0.05) is 0 Å². The molecule has 0 radical (unpaired) electrons. The van der Waals surface area contributed by atoms with Crippen LogP contribution in [0.5, 0.6) is 0 Å². The molecule has 1 aromatic heterocycles. The molecule has 4 N–H and O–H groups in total. The third-order valence-corrected chi connectivity index (χ3v) is 2.69. The molecule has 0 aliphatic heterocycles. The van der Waals surface area contributed by atoms with Crippen molar-refractivity contribution < 1.29 is 13.6 Å². The summed E-state index contributed by atoms with van der Waals surface area (Å²) in [4.78, 5) is 11.9. The van der Waals surface area contributed by atoms with E-state index in [2.05, 4.69) is 10.4 Å². The molecule has 0 aliphatic rings. The van der Waals surface area contributed by atoms with E-state index >= 15 is 0 Å². The fourth-order valence-corrected chi connectivity index (χ4v) is 1.76. The van der Waals surface area contributed by atoms with Crippen LogP contribution in [-0.4, -0.2) is 15.7 Å². The number of halogens is 2. The van der Waals surface area contributed by atoms with Gasteiger partial charge in [0.25, 0.3) is 5.91 Å². The molecule has 0 bridgehead atoms. The zero-order valence-electron chi connectivity index (χ0n) is 10.9. The van der Waals surface area contributed by atoms with Crippen molar-refractivity contribution in [3.05, 3.63) is 41.1 Å². The summed E-state index contributed by atoms with van der Waals surface area (Å²) in [6.07, 6.45) is 0. The third kappa shape index (κ3) is 2.59. The Morgan fingerprint density at radius 2 is 1.90 bits per heavy atom. The predicted octanol–water partition coefficient (Wildman–Crippen LogP) is 1.54. The number of benzene rings is 1. The van der Waals surface area contributed by atoms with Crippen LogP contribution in [0.15, 0.2) is 18.2 Å². The number of aryl methyl sites for hydroxylation is 2. The molecule has 106 valence electrons. The molecule has 2 aromatic rings. The molecule has 20 heavy (non-hydrogen) atoms. The van der Waals surface area contributed by atoms with Crippen LogP contribution in [0, 0.1) is 18.6 Å². The first-order valence-electron chi connectivity index (χ1n) is 5.70. The van der Waals surface area contributed by atoms with Gasteiger partial charge in [0.1, 0.15) is 11.5 Å². The summed E-state index contributed by atoms with van der Waals surface area (Å²) < 4.78 is 28.5. The molecule has 0 fully saturated rings. The van der Waals surface area contributed by atoms with Crippen LogP contribution in [0.1, 0.15) is 16.1 Å². The summed E-state index contributed by atoms with van der Waals surface area (Å²) >= 11 is 0. The van der Waals surface area contributed by atoms with Gasteiger partial charge in [0.15, 0.2) is 11.6 Å². The first-order chi connectivity index (χ1) is 9.42. The molecule has 0 aliphatic carbocycles. The molecular weight excluding hydrogens is 268 g/mol. The van der Waals surface area contributed by atoms with Crippen molar-refractivity contribution in [1.29, 1.82) is 0 Å². The summed E-state index contributed by atoms with van der Waals surface area (Å²) in [5.41, 5.74) is 1.96. The van der Waals surface area contributed by atoms with E-state index in [9.17, 15) is 13.6 Å². The number of nitrogens with two attached hydrogens (primary N) is 1. The predicted molar refractivity (Wildman–Crippen MR) is 70.1 cm³/mol. The highest BCUT2D eigenvalue weighted by molar-refractivity contribution is 6.04. The minimum atomic E-state index is -0.946. The highest BCUT2D eigenvalue weighted by atomic mass is 19.1. The van der Waals surface area contributed by atoms with Gasteiger partial charge < -0.3 is 10.7 Å². The lowest BCUT2D eigenvalue weighted by atomic mass is 10.1. The van der Waals surface area contributed by atoms with Gasteiger partial charge in [-0.2, -0.15) is 5.10 Å². The Bertz CT molecular complexity index is 645. The molecule has 0 atom stereocenters. The number of anilines is 2. The molecule has 2 rings (SSSR count). The number of hydrazine groups is 1. The first-order valence-corrected chi connectivity index (χ1v) is 5.70. The van der Waals surface area contributed by atoms with Crippen LogP contribution in [0.2, 0.25) is 0 Å². The summed E-state index contributed by atoms with van der Waals surface area (Å²) in [6, 6.07) is 3.44. The van der Waals surface area contributed by atoms with Crippen molar-refractivity contribution >= 4 is 17.4 Å². The monoisotopic (exact) mass is 281 g/mol. The second-order valence-electron chi connectivity index (χ2n) is 4.21. The van der Waals surface area contributed by atoms with Crippen molar-refractivity contribution in [2.75, 3.05) is 10.7 Å². The molecule has 1 amide bonds. The topological polar surface area (TPSA) is 85.0 Å². The number of hydrogen-bond donors (Lipinski definition) is 3. The molecular formula is C12H13F2N5O. The number of carbonyl (C=O) groups is 1. The number of amides is 1. The quantitative estimate of drug-likeness (QED) is 0.588. The number of nitrogen functional groups attached to an aromatic ring is 1. The van der Waals surface area contributed by atoms with Crippen LogP contribution in [0.25, 0.3) is 0 Å². The maximum atomic E-state index is 13.5. The van der Waals surface area contributed by atoms with Crippen molar-refractivity contribution in [2.24, 2.45) is 12.9 Å². The molecule has 1 aromatic carbocycles. The second-order valence-corrected chi connectivity index (χ2v) is 4.21. The summed E-state index contributed by atoms with van der Waals surface area (Å²) in [5, 5.41) is 6.56. The van der Waals surface area contributed by atoms with Crippen molar-refractivity contribution in [3.63, 3.8) is 0 Å². The summed E-state index contributed by atoms with van der Waals surface area (Å²) in [7, 11) is 1.64. The highest BCUT2D eigenvalue weighted by Crippen LogP contribution is 2.20. The van der Waals surface area contributed by atoms with E-state index in [4.69, 9.17) is 5.84 Å². The summed E-state index contributed by atoms with van der Waals surface area (Å²) in [6.45, 7) is 1.76. The van der Waals surface area contributed by atoms with Crippen LogP contribution < -0.4 is 16.6 Å². The number of carbonyl (C=O) groups excluding carboxylic acids is 1. The maximum absolute atomic E-state index is 13.5.